The van der Waals surface area contributed by atoms with Crippen LogP contribution in [0.3, 0.4) is 0 Å². The van der Waals surface area contributed by atoms with Crippen LogP contribution >= 0.6 is 0 Å². The maximum Gasteiger partial charge on any atom is 0.317 e. The number of rotatable bonds is 3. The number of carbonyl (C=O) groups is 1. The van der Waals surface area contributed by atoms with E-state index in [9.17, 15) is 4.79 Å². The van der Waals surface area contributed by atoms with Gasteiger partial charge in [0.25, 0.3) is 0 Å². The Balaban J connectivity index is 1.82. The quantitative estimate of drug-likeness (QED) is 0.874. The van der Waals surface area contributed by atoms with Gasteiger partial charge in [0, 0.05) is 19.6 Å². The molecule has 18 heavy (non-hydrogen) atoms. The Hall–Kier alpha value is -1.51. The summed E-state index contributed by atoms with van der Waals surface area (Å²) in [6.07, 6.45) is 2.28. The molecule has 1 unspecified atom stereocenters. The van der Waals surface area contributed by atoms with Crippen molar-refractivity contribution in [3.05, 3.63) is 35.4 Å². The van der Waals surface area contributed by atoms with Gasteiger partial charge in [0.15, 0.2) is 0 Å². The van der Waals surface area contributed by atoms with Crippen molar-refractivity contribution in [3.8, 4) is 0 Å². The predicted molar refractivity (Wildman–Crippen MR) is 73.8 cm³/mol. The molecule has 1 N–H and O–H groups in total. The van der Waals surface area contributed by atoms with Crippen molar-refractivity contribution in [1.82, 2.24) is 10.2 Å². The van der Waals surface area contributed by atoms with Crippen molar-refractivity contribution in [2.24, 2.45) is 0 Å². The Morgan fingerprint density at radius 2 is 1.89 bits per heavy atom. The van der Waals surface area contributed by atoms with Crippen LogP contribution in [0.15, 0.2) is 24.3 Å². The highest BCUT2D eigenvalue weighted by molar-refractivity contribution is 5.74. The summed E-state index contributed by atoms with van der Waals surface area (Å²) in [5.41, 5.74) is 2.55. The number of nitrogens with one attached hydrogen (secondary N) is 1. The fourth-order valence-electron chi connectivity index (χ4n) is 2.29. The van der Waals surface area contributed by atoms with Crippen molar-refractivity contribution < 1.29 is 4.79 Å². The van der Waals surface area contributed by atoms with E-state index in [1.807, 2.05) is 4.90 Å². The third-order valence-corrected chi connectivity index (χ3v) is 3.60. The van der Waals surface area contributed by atoms with Gasteiger partial charge in [-0.2, -0.15) is 0 Å². The van der Waals surface area contributed by atoms with Crippen LogP contribution in [0, 0.1) is 6.92 Å². The van der Waals surface area contributed by atoms with Crippen LogP contribution in [-0.2, 0) is 0 Å². The molecule has 2 amide bonds. The molecule has 1 aromatic carbocycles. The van der Waals surface area contributed by atoms with Crippen LogP contribution in [-0.4, -0.2) is 30.6 Å². The van der Waals surface area contributed by atoms with E-state index in [1.54, 1.807) is 0 Å². The number of benzene rings is 1. The van der Waals surface area contributed by atoms with Gasteiger partial charge in [-0.1, -0.05) is 36.8 Å². The van der Waals surface area contributed by atoms with Crippen LogP contribution in [0.4, 0.5) is 4.79 Å². The standard InChI is InChI=1S/C15H22N2O/c1-12-5-7-14(8-6-12)13(2)11-16-15(18)17-9-3-4-10-17/h5-8,13H,3-4,9-11H2,1-2H3,(H,16,18). The smallest absolute Gasteiger partial charge is 0.317 e. The summed E-state index contributed by atoms with van der Waals surface area (Å²) in [4.78, 5) is 13.8. The summed E-state index contributed by atoms with van der Waals surface area (Å²) in [5.74, 6) is 0.358. The zero-order chi connectivity index (χ0) is 13.0. The molecule has 2 rings (SSSR count). The van der Waals surface area contributed by atoms with Crippen molar-refractivity contribution in [1.29, 1.82) is 0 Å². The number of carbonyl (C=O) groups excluding carboxylic acids is 1. The molecule has 1 saturated heterocycles. The minimum atomic E-state index is 0.0893. The number of hydrogen-bond acceptors (Lipinski definition) is 1. The van der Waals surface area contributed by atoms with E-state index in [0.29, 0.717) is 12.5 Å². The van der Waals surface area contributed by atoms with Crippen molar-refractivity contribution in [2.75, 3.05) is 19.6 Å². The average molecular weight is 246 g/mol. The summed E-state index contributed by atoms with van der Waals surface area (Å²) in [6, 6.07) is 8.61. The van der Waals surface area contributed by atoms with Crippen LogP contribution in [0.1, 0.15) is 36.8 Å². The Labute approximate surface area is 109 Å². The van der Waals surface area contributed by atoms with E-state index >= 15 is 0 Å². The summed E-state index contributed by atoms with van der Waals surface area (Å²) in [5, 5.41) is 3.02. The molecule has 0 spiro atoms. The Kier molecular flexibility index (Phi) is 4.24. The lowest BCUT2D eigenvalue weighted by molar-refractivity contribution is 0.208. The summed E-state index contributed by atoms with van der Waals surface area (Å²) >= 11 is 0. The minimum Gasteiger partial charge on any atom is -0.337 e. The molecule has 3 nitrogen and oxygen atoms in total. The maximum atomic E-state index is 11.9. The first-order chi connectivity index (χ1) is 8.66. The molecule has 1 heterocycles. The predicted octanol–water partition coefficient (Wildman–Crippen LogP) is 2.90. The van der Waals surface area contributed by atoms with E-state index in [2.05, 4.69) is 43.4 Å². The van der Waals surface area contributed by atoms with Crippen LogP contribution in [0.25, 0.3) is 0 Å². The molecule has 1 fully saturated rings. The number of hydrogen-bond donors (Lipinski definition) is 1. The highest BCUT2D eigenvalue weighted by atomic mass is 16.2. The lowest BCUT2D eigenvalue weighted by atomic mass is 10.0. The molecular formula is C15H22N2O. The SMILES string of the molecule is Cc1ccc(C(C)CNC(=O)N2CCCC2)cc1. The highest BCUT2D eigenvalue weighted by Gasteiger charge is 2.18. The highest BCUT2D eigenvalue weighted by Crippen LogP contribution is 2.15. The summed E-state index contributed by atoms with van der Waals surface area (Å²) in [6.45, 7) is 6.76. The molecule has 1 atom stereocenters. The van der Waals surface area contributed by atoms with E-state index in [4.69, 9.17) is 0 Å². The molecule has 0 aromatic heterocycles. The largest absolute Gasteiger partial charge is 0.337 e. The maximum absolute atomic E-state index is 11.9. The third kappa shape index (κ3) is 3.25. The normalized spacial score (nSPS) is 16.7. The van der Waals surface area contributed by atoms with Crippen LogP contribution in [0.2, 0.25) is 0 Å². The van der Waals surface area contributed by atoms with E-state index in [-0.39, 0.29) is 6.03 Å². The van der Waals surface area contributed by atoms with Crippen LogP contribution < -0.4 is 5.32 Å². The van der Waals surface area contributed by atoms with Gasteiger partial charge in [0.1, 0.15) is 0 Å². The van der Waals surface area contributed by atoms with Gasteiger partial charge in [-0.15, -0.1) is 0 Å². The first-order valence-corrected chi connectivity index (χ1v) is 6.76. The van der Waals surface area contributed by atoms with Crippen molar-refractivity contribution in [3.63, 3.8) is 0 Å². The molecule has 0 saturated carbocycles. The number of amides is 2. The Morgan fingerprint density at radius 3 is 2.50 bits per heavy atom. The lowest BCUT2D eigenvalue weighted by Gasteiger charge is -2.19. The van der Waals surface area contributed by atoms with Crippen molar-refractivity contribution in [2.45, 2.75) is 32.6 Å². The second-order valence-electron chi connectivity index (χ2n) is 5.19. The Bertz CT molecular complexity index is 393. The van der Waals surface area contributed by atoms with Crippen LogP contribution in [0.5, 0.6) is 0 Å². The number of nitrogens with zero attached hydrogens (tertiary/aromatic N) is 1. The third-order valence-electron chi connectivity index (χ3n) is 3.60. The molecule has 0 radical (unpaired) electrons. The fourth-order valence-corrected chi connectivity index (χ4v) is 2.29. The van der Waals surface area contributed by atoms with Gasteiger partial charge in [-0.25, -0.2) is 4.79 Å². The first-order valence-electron chi connectivity index (χ1n) is 6.76. The van der Waals surface area contributed by atoms with Gasteiger partial charge in [0.2, 0.25) is 0 Å². The molecular weight excluding hydrogens is 224 g/mol. The second-order valence-corrected chi connectivity index (χ2v) is 5.19. The molecule has 1 aliphatic rings. The number of likely N-dealkylation sites (tertiary alicyclic amines) is 1. The lowest BCUT2D eigenvalue weighted by Crippen LogP contribution is -2.39. The minimum absolute atomic E-state index is 0.0893. The first kappa shape index (κ1) is 12.9. The molecule has 1 aromatic rings. The van der Waals surface area contributed by atoms with Gasteiger partial charge in [-0.05, 0) is 31.2 Å². The number of urea groups is 1. The van der Waals surface area contributed by atoms with Gasteiger partial charge in [0.05, 0.1) is 0 Å². The summed E-state index contributed by atoms with van der Waals surface area (Å²) in [7, 11) is 0. The molecule has 3 heteroatoms. The molecule has 0 bridgehead atoms. The van der Waals surface area contributed by atoms with E-state index in [0.717, 1.165) is 25.9 Å². The van der Waals surface area contributed by atoms with E-state index in [1.165, 1.54) is 11.1 Å². The van der Waals surface area contributed by atoms with Gasteiger partial charge < -0.3 is 10.2 Å². The number of aryl methyl sites for hydroxylation is 1. The van der Waals surface area contributed by atoms with Gasteiger partial charge in [-0.3, -0.25) is 0 Å². The molecule has 0 aliphatic carbocycles. The van der Waals surface area contributed by atoms with E-state index < -0.39 is 0 Å². The molecule has 1 aliphatic heterocycles. The Morgan fingerprint density at radius 1 is 1.28 bits per heavy atom. The van der Waals surface area contributed by atoms with Crippen molar-refractivity contribution >= 4 is 6.03 Å². The molecule has 98 valence electrons. The zero-order valence-electron chi connectivity index (χ0n) is 11.3. The fraction of sp³-hybridized carbons (Fsp3) is 0.533. The zero-order valence-corrected chi connectivity index (χ0v) is 11.3. The monoisotopic (exact) mass is 246 g/mol. The second kappa shape index (κ2) is 5.89. The summed E-state index contributed by atoms with van der Waals surface area (Å²) < 4.78 is 0. The van der Waals surface area contributed by atoms with Gasteiger partial charge >= 0.3 is 6.03 Å². The topological polar surface area (TPSA) is 32.3 Å². The average Bonchev–Trinajstić information content (AvgIpc) is 2.90.